The van der Waals surface area contributed by atoms with Gasteiger partial charge in [0.25, 0.3) is 0 Å². The lowest BCUT2D eigenvalue weighted by Crippen LogP contribution is -2.10. The van der Waals surface area contributed by atoms with Crippen molar-refractivity contribution in [1.82, 2.24) is 15.0 Å². The quantitative estimate of drug-likeness (QED) is 0.527. The molecule has 2 aromatic heterocycles. The molecular formula is C19H15N3O4. The van der Waals surface area contributed by atoms with Gasteiger partial charge in [0, 0.05) is 17.0 Å². The van der Waals surface area contributed by atoms with Crippen LogP contribution in [0.3, 0.4) is 0 Å². The van der Waals surface area contributed by atoms with E-state index in [0.717, 1.165) is 16.7 Å². The summed E-state index contributed by atoms with van der Waals surface area (Å²) in [6.07, 6.45) is 1.68. The molecule has 0 amide bonds. The van der Waals surface area contributed by atoms with Gasteiger partial charge in [0.15, 0.2) is 5.69 Å². The lowest BCUT2D eigenvalue weighted by Gasteiger charge is -2.03. The van der Waals surface area contributed by atoms with Crippen LogP contribution in [0.5, 0.6) is 11.5 Å². The standard InChI is InChI=1S/C19H15N3O4/c1-24-14-6-3-12(4-7-14)16-11-22(21-20-16)17-9-13-5-8-15(25-2)10-18(13)26-19(17)23/h3-11H,1-2H3. The first-order chi connectivity index (χ1) is 12.7. The van der Waals surface area contributed by atoms with Crippen molar-refractivity contribution in [3.8, 4) is 28.4 Å². The van der Waals surface area contributed by atoms with Gasteiger partial charge in [0.2, 0.25) is 0 Å². The number of aromatic nitrogens is 3. The molecule has 4 aromatic rings. The SMILES string of the molecule is COc1ccc(-c2cn(-c3cc4ccc(OC)cc4oc3=O)nn2)cc1. The summed E-state index contributed by atoms with van der Waals surface area (Å²) in [7, 11) is 3.17. The largest absolute Gasteiger partial charge is 0.497 e. The predicted octanol–water partition coefficient (Wildman–Crippen LogP) is 3.06. The third-order valence-corrected chi connectivity index (χ3v) is 4.05. The van der Waals surface area contributed by atoms with E-state index in [1.807, 2.05) is 30.3 Å². The summed E-state index contributed by atoms with van der Waals surface area (Å²) in [4.78, 5) is 12.3. The molecule has 2 aromatic carbocycles. The Labute approximate surface area is 148 Å². The fourth-order valence-corrected chi connectivity index (χ4v) is 2.64. The molecule has 130 valence electrons. The minimum Gasteiger partial charge on any atom is -0.497 e. The second-order valence-corrected chi connectivity index (χ2v) is 5.60. The van der Waals surface area contributed by atoms with E-state index >= 15 is 0 Å². The molecule has 0 fully saturated rings. The summed E-state index contributed by atoms with van der Waals surface area (Å²) in [6, 6.07) is 14.4. The molecule has 7 nitrogen and oxygen atoms in total. The molecule has 0 saturated heterocycles. The summed E-state index contributed by atoms with van der Waals surface area (Å²) >= 11 is 0. The van der Waals surface area contributed by atoms with Gasteiger partial charge < -0.3 is 13.9 Å². The Balaban J connectivity index is 1.74. The predicted molar refractivity (Wildman–Crippen MR) is 95.9 cm³/mol. The van der Waals surface area contributed by atoms with Gasteiger partial charge in [-0.3, -0.25) is 0 Å². The zero-order valence-corrected chi connectivity index (χ0v) is 14.2. The molecule has 0 spiro atoms. The highest BCUT2D eigenvalue weighted by Crippen LogP contribution is 2.23. The van der Waals surface area contributed by atoms with E-state index in [1.54, 1.807) is 38.6 Å². The number of fused-ring (bicyclic) bond motifs is 1. The van der Waals surface area contributed by atoms with Crippen LogP contribution in [-0.2, 0) is 0 Å². The van der Waals surface area contributed by atoms with Gasteiger partial charge in [-0.1, -0.05) is 5.21 Å². The smallest absolute Gasteiger partial charge is 0.362 e. The number of nitrogens with zero attached hydrogens (tertiary/aromatic N) is 3. The van der Waals surface area contributed by atoms with Crippen molar-refractivity contribution in [2.75, 3.05) is 14.2 Å². The maximum absolute atomic E-state index is 12.3. The Bertz CT molecular complexity index is 1130. The third-order valence-electron chi connectivity index (χ3n) is 4.05. The number of methoxy groups -OCH3 is 2. The van der Waals surface area contributed by atoms with Gasteiger partial charge in [0.05, 0.1) is 20.4 Å². The van der Waals surface area contributed by atoms with Gasteiger partial charge in [0.1, 0.15) is 22.8 Å². The first-order valence-corrected chi connectivity index (χ1v) is 7.87. The normalized spacial score (nSPS) is 10.8. The molecule has 2 heterocycles. The van der Waals surface area contributed by atoms with Crippen molar-refractivity contribution >= 4 is 11.0 Å². The summed E-state index contributed by atoms with van der Waals surface area (Å²) in [5.74, 6) is 1.38. The molecule has 0 unspecified atom stereocenters. The number of rotatable bonds is 4. The molecule has 26 heavy (non-hydrogen) atoms. The van der Waals surface area contributed by atoms with Crippen LogP contribution in [0, 0.1) is 0 Å². The Kier molecular flexibility index (Phi) is 3.89. The zero-order valence-electron chi connectivity index (χ0n) is 14.2. The number of benzene rings is 2. The molecule has 0 saturated carbocycles. The van der Waals surface area contributed by atoms with E-state index in [0.29, 0.717) is 17.0 Å². The van der Waals surface area contributed by atoms with Crippen LogP contribution in [0.4, 0.5) is 0 Å². The number of hydrogen-bond acceptors (Lipinski definition) is 6. The monoisotopic (exact) mass is 349 g/mol. The number of hydrogen-bond donors (Lipinski definition) is 0. The van der Waals surface area contributed by atoms with Crippen molar-refractivity contribution < 1.29 is 13.9 Å². The van der Waals surface area contributed by atoms with Gasteiger partial charge >= 0.3 is 5.63 Å². The van der Waals surface area contributed by atoms with Crippen molar-refractivity contribution in [2.45, 2.75) is 0 Å². The van der Waals surface area contributed by atoms with E-state index in [1.165, 1.54) is 4.68 Å². The molecular weight excluding hydrogens is 334 g/mol. The molecule has 4 rings (SSSR count). The summed E-state index contributed by atoms with van der Waals surface area (Å²) in [5.41, 5.74) is 1.74. The van der Waals surface area contributed by atoms with Crippen molar-refractivity contribution in [2.24, 2.45) is 0 Å². The highest BCUT2D eigenvalue weighted by Gasteiger charge is 2.12. The molecule has 0 N–H and O–H groups in total. The van der Waals surface area contributed by atoms with Crippen LogP contribution in [0.25, 0.3) is 27.9 Å². The lowest BCUT2D eigenvalue weighted by atomic mass is 10.1. The topological polar surface area (TPSA) is 79.4 Å². The van der Waals surface area contributed by atoms with E-state index in [2.05, 4.69) is 10.3 Å². The fraction of sp³-hybridized carbons (Fsp3) is 0.105. The van der Waals surface area contributed by atoms with Gasteiger partial charge in [-0.05, 0) is 42.5 Å². The summed E-state index contributed by atoms with van der Waals surface area (Å²) < 4.78 is 17.1. The van der Waals surface area contributed by atoms with E-state index < -0.39 is 5.63 Å². The maximum atomic E-state index is 12.3. The highest BCUT2D eigenvalue weighted by atomic mass is 16.5. The number of ether oxygens (including phenoxy) is 2. The zero-order chi connectivity index (χ0) is 18.1. The Morgan fingerprint density at radius 2 is 1.69 bits per heavy atom. The van der Waals surface area contributed by atoms with Crippen molar-refractivity contribution in [3.63, 3.8) is 0 Å². The van der Waals surface area contributed by atoms with E-state index in [-0.39, 0.29) is 5.69 Å². The second-order valence-electron chi connectivity index (χ2n) is 5.60. The summed E-state index contributed by atoms with van der Waals surface area (Å²) in [6.45, 7) is 0. The maximum Gasteiger partial charge on any atom is 0.362 e. The molecule has 0 aliphatic carbocycles. The average Bonchev–Trinajstić information content (AvgIpc) is 3.17. The van der Waals surface area contributed by atoms with Crippen LogP contribution in [0.15, 0.2) is 63.9 Å². The molecule has 0 aliphatic rings. The summed E-state index contributed by atoms with van der Waals surface area (Å²) in [5, 5.41) is 8.96. The van der Waals surface area contributed by atoms with E-state index in [4.69, 9.17) is 13.9 Å². The third kappa shape index (κ3) is 2.79. The molecule has 0 bridgehead atoms. The van der Waals surface area contributed by atoms with Crippen LogP contribution in [0.1, 0.15) is 0 Å². The average molecular weight is 349 g/mol. The van der Waals surface area contributed by atoms with Gasteiger partial charge in [-0.15, -0.1) is 5.10 Å². The second kappa shape index (κ2) is 6.36. The van der Waals surface area contributed by atoms with Crippen LogP contribution >= 0.6 is 0 Å². The molecule has 0 radical (unpaired) electrons. The first-order valence-electron chi connectivity index (χ1n) is 7.87. The molecule has 0 atom stereocenters. The Hall–Kier alpha value is -3.61. The van der Waals surface area contributed by atoms with Crippen molar-refractivity contribution in [1.29, 1.82) is 0 Å². The Morgan fingerprint density at radius 3 is 2.42 bits per heavy atom. The van der Waals surface area contributed by atoms with Crippen molar-refractivity contribution in [3.05, 3.63) is 65.1 Å². The van der Waals surface area contributed by atoms with Gasteiger partial charge in [-0.2, -0.15) is 0 Å². The van der Waals surface area contributed by atoms with Crippen LogP contribution in [0.2, 0.25) is 0 Å². The Morgan fingerprint density at radius 1 is 0.962 bits per heavy atom. The first kappa shape index (κ1) is 15.9. The highest BCUT2D eigenvalue weighted by molar-refractivity contribution is 5.79. The fourth-order valence-electron chi connectivity index (χ4n) is 2.64. The van der Waals surface area contributed by atoms with Crippen LogP contribution < -0.4 is 15.1 Å². The molecule has 0 aliphatic heterocycles. The molecule has 7 heteroatoms. The minimum atomic E-state index is -0.503. The van der Waals surface area contributed by atoms with Crippen LogP contribution in [-0.4, -0.2) is 29.2 Å². The van der Waals surface area contributed by atoms with Gasteiger partial charge in [-0.25, -0.2) is 9.48 Å². The minimum absolute atomic E-state index is 0.287. The van der Waals surface area contributed by atoms with E-state index in [9.17, 15) is 4.79 Å². The lowest BCUT2D eigenvalue weighted by molar-refractivity contribution is 0.414.